The largest absolute Gasteiger partial charge is 0.490 e. The summed E-state index contributed by atoms with van der Waals surface area (Å²) in [5.74, 6) is 1.41. The van der Waals surface area contributed by atoms with E-state index in [1.54, 1.807) is 0 Å². The molecular formula is C35H38Cl2N2O4. The van der Waals surface area contributed by atoms with Gasteiger partial charge in [-0.15, -0.1) is 0 Å². The zero-order valence-electron chi connectivity index (χ0n) is 24.6. The Balaban J connectivity index is 1.34. The van der Waals surface area contributed by atoms with Crippen molar-refractivity contribution >= 4 is 29.3 Å². The summed E-state index contributed by atoms with van der Waals surface area (Å²) < 4.78 is 16.5. The maximum Gasteiger partial charge on any atom is 0.404 e. The Hall–Kier alpha value is -3.71. The zero-order valence-corrected chi connectivity index (χ0v) is 26.1. The molecule has 0 aliphatic rings. The van der Waals surface area contributed by atoms with E-state index in [0.717, 1.165) is 29.7 Å². The van der Waals surface area contributed by atoms with Crippen LogP contribution in [-0.2, 0) is 17.6 Å². The average molecular weight is 622 g/mol. The SMILES string of the molecule is Cc1cc(Cl)c(OCCOc2ccc(CC(CN)c3ccc(-c4ccccc4CCCOC(N)=O)cc3C)cc2)c(Cl)c1. The third-order valence-electron chi connectivity index (χ3n) is 7.30. The van der Waals surface area contributed by atoms with Crippen LogP contribution in [0.5, 0.6) is 11.5 Å². The first-order chi connectivity index (χ1) is 20.7. The van der Waals surface area contributed by atoms with Gasteiger partial charge in [0, 0.05) is 5.92 Å². The summed E-state index contributed by atoms with van der Waals surface area (Å²) in [6, 6.07) is 26.6. The summed E-state index contributed by atoms with van der Waals surface area (Å²) in [5.41, 5.74) is 19.5. The number of aryl methyl sites for hydroxylation is 3. The van der Waals surface area contributed by atoms with E-state index in [4.69, 9.17) is 48.9 Å². The van der Waals surface area contributed by atoms with Gasteiger partial charge in [-0.1, -0.05) is 77.8 Å². The summed E-state index contributed by atoms with van der Waals surface area (Å²) in [7, 11) is 0. The van der Waals surface area contributed by atoms with E-state index in [2.05, 4.69) is 49.4 Å². The lowest BCUT2D eigenvalue weighted by molar-refractivity contribution is 0.155. The summed E-state index contributed by atoms with van der Waals surface area (Å²) >= 11 is 12.5. The number of nitrogens with two attached hydrogens (primary N) is 2. The number of rotatable bonds is 14. The van der Waals surface area contributed by atoms with Crippen LogP contribution in [0.15, 0.2) is 78.9 Å². The highest BCUT2D eigenvalue weighted by molar-refractivity contribution is 6.37. The molecule has 1 atom stereocenters. The smallest absolute Gasteiger partial charge is 0.404 e. The Morgan fingerprint density at radius 3 is 2.23 bits per heavy atom. The number of halogens is 2. The van der Waals surface area contributed by atoms with Gasteiger partial charge in [-0.3, -0.25) is 0 Å². The molecule has 0 spiro atoms. The van der Waals surface area contributed by atoms with Crippen LogP contribution >= 0.6 is 23.2 Å². The van der Waals surface area contributed by atoms with E-state index >= 15 is 0 Å². The minimum absolute atomic E-state index is 0.180. The van der Waals surface area contributed by atoms with Crippen molar-refractivity contribution < 1.29 is 19.0 Å². The molecule has 1 amide bonds. The second-order valence-electron chi connectivity index (χ2n) is 10.5. The maximum atomic E-state index is 10.9. The quantitative estimate of drug-likeness (QED) is 0.139. The van der Waals surface area contributed by atoms with Crippen molar-refractivity contribution in [3.05, 3.63) is 117 Å². The number of primary amides is 1. The monoisotopic (exact) mass is 620 g/mol. The van der Waals surface area contributed by atoms with E-state index < -0.39 is 6.09 Å². The van der Waals surface area contributed by atoms with E-state index in [1.165, 1.54) is 27.8 Å². The van der Waals surface area contributed by atoms with Crippen LogP contribution in [0.2, 0.25) is 10.0 Å². The average Bonchev–Trinajstić information content (AvgIpc) is 2.98. The van der Waals surface area contributed by atoms with Crippen LogP contribution in [0.1, 0.15) is 40.2 Å². The molecule has 8 heteroatoms. The normalized spacial score (nSPS) is 11.7. The summed E-state index contributed by atoms with van der Waals surface area (Å²) in [6.45, 7) is 5.60. The summed E-state index contributed by atoms with van der Waals surface area (Å²) in [6.07, 6.45) is 1.58. The predicted molar refractivity (Wildman–Crippen MR) is 175 cm³/mol. The number of hydrogen-bond acceptors (Lipinski definition) is 5. The molecule has 4 rings (SSSR count). The van der Waals surface area contributed by atoms with E-state index in [-0.39, 0.29) is 5.92 Å². The standard InChI is InChI=1S/C35H38Cl2N2O4/c1-23-18-32(36)34(33(37)19-23)42-17-16-41-29-12-9-25(10-13-29)21-28(22-38)30-14-11-27(20-24(30)2)31-8-4-3-6-26(31)7-5-15-43-35(39)40/h3-4,6,8-14,18-20,28H,5,7,15-17,21-22,38H2,1-2H3,(H2,39,40). The molecule has 0 saturated carbocycles. The van der Waals surface area contributed by atoms with Gasteiger partial charge >= 0.3 is 6.09 Å². The number of ether oxygens (including phenoxy) is 3. The fourth-order valence-electron chi connectivity index (χ4n) is 5.21. The topological polar surface area (TPSA) is 96.8 Å². The fraction of sp³-hybridized carbons (Fsp3) is 0.286. The first-order valence-corrected chi connectivity index (χ1v) is 15.1. The molecule has 0 fully saturated rings. The predicted octanol–water partition coefficient (Wildman–Crippen LogP) is 8.05. The van der Waals surface area contributed by atoms with Crippen LogP contribution in [-0.4, -0.2) is 32.5 Å². The van der Waals surface area contributed by atoms with Crippen molar-refractivity contribution in [2.45, 2.75) is 39.0 Å². The van der Waals surface area contributed by atoms with Crippen LogP contribution in [0.4, 0.5) is 4.79 Å². The minimum atomic E-state index is -0.741. The molecule has 0 saturated heterocycles. The van der Waals surface area contributed by atoms with Gasteiger partial charge in [-0.05, 0) is 103 Å². The molecule has 4 aromatic rings. The van der Waals surface area contributed by atoms with Crippen molar-refractivity contribution in [1.82, 2.24) is 0 Å². The van der Waals surface area contributed by atoms with Crippen LogP contribution in [0.25, 0.3) is 11.1 Å². The molecule has 1 unspecified atom stereocenters. The van der Waals surface area contributed by atoms with Crippen molar-refractivity contribution in [2.24, 2.45) is 11.5 Å². The first-order valence-electron chi connectivity index (χ1n) is 14.4. The van der Waals surface area contributed by atoms with E-state index in [1.807, 2.05) is 43.3 Å². The van der Waals surface area contributed by atoms with Crippen molar-refractivity contribution in [2.75, 3.05) is 26.4 Å². The Kier molecular flexibility index (Phi) is 11.7. The van der Waals surface area contributed by atoms with Crippen LogP contribution < -0.4 is 20.9 Å². The van der Waals surface area contributed by atoms with Crippen molar-refractivity contribution in [1.29, 1.82) is 0 Å². The molecule has 0 heterocycles. The van der Waals surface area contributed by atoms with Crippen LogP contribution in [0.3, 0.4) is 0 Å². The maximum absolute atomic E-state index is 10.9. The Labute approximate surface area is 263 Å². The van der Waals surface area contributed by atoms with Gasteiger partial charge in [-0.2, -0.15) is 0 Å². The Morgan fingerprint density at radius 2 is 1.56 bits per heavy atom. The van der Waals surface area contributed by atoms with Gasteiger partial charge in [0.05, 0.1) is 16.7 Å². The van der Waals surface area contributed by atoms with E-state index in [0.29, 0.717) is 48.6 Å². The van der Waals surface area contributed by atoms with Crippen molar-refractivity contribution in [3.8, 4) is 22.6 Å². The molecule has 6 nitrogen and oxygen atoms in total. The minimum Gasteiger partial charge on any atom is -0.490 e. The van der Waals surface area contributed by atoms with Gasteiger partial charge in [0.1, 0.15) is 19.0 Å². The lowest BCUT2D eigenvalue weighted by atomic mass is 9.87. The molecule has 226 valence electrons. The summed E-state index contributed by atoms with van der Waals surface area (Å²) in [4.78, 5) is 10.9. The second-order valence-corrected chi connectivity index (χ2v) is 11.3. The highest BCUT2D eigenvalue weighted by Crippen LogP contribution is 2.34. The summed E-state index contributed by atoms with van der Waals surface area (Å²) in [5, 5.41) is 0.977. The lowest BCUT2D eigenvalue weighted by Crippen LogP contribution is -2.16. The second kappa shape index (κ2) is 15.7. The molecular weight excluding hydrogens is 583 g/mol. The molecule has 0 bridgehead atoms. The molecule has 0 aromatic heterocycles. The van der Waals surface area contributed by atoms with Gasteiger partial charge in [0.15, 0.2) is 5.75 Å². The van der Waals surface area contributed by atoms with Gasteiger partial charge < -0.3 is 25.7 Å². The number of carbonyl (C=O) groups excluding carboxylic acids is 1. The Morgan fingerprint density at radius 1 is 0.860 bits per heavy atom. The number of hydrogen-bond donors (Lipinski definition) is 2. The van der Waals surface area contributed by atoms with Crippen molar-refractivity contribution in [3.63, 3.8) is 0 Å². The lowest BCUT2D eigenvalue weighted by Gasteiger charge is -2.20. The molecule has 4 N–H and O–H groups in total. The first kappa shape index (κ1) is 32.2. The van der Waals surface area contributed by atoms with Gasteiger partial charge in [-0.25, -0.2) is 4.79 Å². The fourth-order valence-corrected chi connectivity index (χ4v) is 5.92. The zero-order chi connectivity index (χ0) is 30.8. The van der Waals surface area contributed by atoms with Crippen LogP contribution in [0, 0.1) is 13.8 Å². The van der Waals surface area contributed by atoms with Gasteiger partial charge in [0.2, 0.25) is 0 Å². The highest BCUT2D eigenvalue weighted by atomic mass is 35.5. The molecule has 0 aliphatic heterocycles. The molecule has 0 radical (unpaired) electrons. The number of carbonyl (C=O) groups is 1. The molecule has 0 aliphatic carbocycles. The highest BCUT2D eigenvalue weighted by Gasteiger charge is 2.15. The van der Waals surface area contributed by atoms with E-state index in [9.17, 15) is 4.79 Å². The Bertz CT molecular complexity index is 1500. The molecule has 43 heavy (non-hydrogen) atoms. The third-order valence-corrected chi connectivity index (χ3v) is 7.87. The molecule has 4 aromatic carbocycles. The number of benzene rings is 4. The van der Waals surface area contributed by atoms with Gasteiger partial charge in [0.25, 0.3) is 0 Å². The number of amides is 1. The third kappa shape index (κ3) is 9.14.